The fraction of sp³-hybridized carbons (Fsp3) is 0.583. The molecule has 1 aromatic rings. The minimum atomic E-state index is -3.63. The molecular weight excluding hydrogens is 286 g/mol. The number of nitrogens with one attached hydrogen (secondary N) is 1. The van der Waals surface area contributed by atoms with Crippen LogP contribution in [0, 0.1) is 5.92 Å². The van der Waals surface area contributed by atoms with Crippen molar-refractivity contribution in [2.45, 2.75) is 43.9 Å². The molecule has 0 saturated heterocycles. The number of carboxylic acid groups (broad SMARTS) is 1. The predicted octanol–water partition coefficient (Wildman–Crippen LogP) is 2.55. The van der Waals surface area contributed by atoms with Gasteiger partial charge in [-0.1, -0.05) is 26.7 Å². The van der Waals surface area contributed by atoms with Gasteiger partial charge < -0.3 is 5.11 Å². The fourth-order valence-electron chi connectivity index (χ4n) is 1.97. The summed E-state index contributed by atoms with van der Waals surface area (Å²) in [7, 11) is -3.63. The SMILES string of the molecule is CCC(CC)C(C)NS(=O)(=O)c1ccc(C(=O)O)s1. The summed E-state index contributed by atoms with van der Waals surface area (Å²) in [5, 5.41) is 8.81. The summed E-state index contributed by atoms with van der Waals surface area (Å²) in [5.74, 6) is -0.840. The number of hydrogen-bond donors (Lipinski definition) is 2. The smallest absolute Gasteiger partial charge is 0.345 e. The second-order valence-corrected chi connectivity index (χ2v) is 7.43. The first-order chi connectivity index (χ1) is 8.81. The fourth-order valence-corrected chi connectivity index (χ4v) is 4.45. The van der Waals surface area contributed by atoms with E-state index in [1.54, 1.807) is 0 Å². The maximum Gasteiger partial charge on any atom is 0.345 e. The Balaban J connectivity index is 2.88. The summed E-state index contributed by atoms with van der Waals surface area (Å²) in [5.41, 5.74) is 0. The Morgan fingerprint density at radius 1 is 1.37 bits per heavy atom. The van der Waals surface area contributed by atoms with Crippen LogP contribution in [0.15, 0.2) is 16.3 Å². The zero-order valence-electron chi connectivity index (χ0n) is 11.2. The van der Waals surface area contributed by atoms with Crippen molar-refractivity contribution in [2.24, 2.45) is 5.92 Å². The van der Waals surface area contributed by atoms with Crippen molar-refractivity contribution in [2.75, 3.05) is 0 Å². The molecule has 0 saturated carbocycles. The van der Waals surface area contributed by atoms with Crippen LogP contribution in [0.25, 0.3) is 0 Å². The third-order valence-electron chi connectivity index (χ3n) is 3.15. The topological polar surface area (TPSA) is 83.5 Å². The van der Waals surface area contributed by atoms with Crippen LogP contribution in [0.1, 0.15) is 43.3 Å². The summed E-state index contributed by atoms with van der Waals surface area (Å²) in [6.45, 7) is 5.88. The van der Waals surface area contributed by atoms with Gasteiger partial charge in [-0.25, -0.2) is 17.9 Å². The summed E-state index contributed by atoms with van der Waals surface area (Å²) >= 11 is 0.767. The van der Waals surface area contributed by atoms with E-state index in [0.717, 1.165) is 24.2 Å². The van der Waals surface area contributed by atoms with Crippen LogP contribution in [0.4, 0.5) is 0 Å². The van der Waals surface area contributed by atoms with Gasteiger partial charge in [0.2, 0.25) is 10.0 Å². The molecule has 0 radical (unpaired) electrons. The molecule has 0 bridgehead atoms. The van der Waals surface area contributed by atoms with Crippen molar-refractivity contribution >= 4 is 27.3 Å². The minimum absolute atomic E-state index is 0.0237. The van der Waals surface area contributed by atoms with E-state index >= 15 is 0 Å². The molecule has 5 nitrogen and oxygen atoms in total. The van der Waals surface area contributed by atoms with E-state index in [4.69, 9.17) is 5.11 Å². The van der Waals surface area contributed by atoms with E-state index in [2.05, 4.69) is 4.72 Å². The average Bonchev–Trinajstić information content (AvgIpc) is 2.79. The summed E-state index contributed by atoms with van der Waals surface area (Å²) in [6.07, 6.45) is 1.79. The van der Waals surface area contributed by atoms with Gasteiger partial charge in [0.15, 0.2) is 0 Å². The normalized spacial score (nSPS) is 13.7. The second kappa shape index (κ2) is 6.49. The van der Waals surface area contributed by atoms with Crippen LogP contribution in [0.2, 0.25) is 0 Å². The van der Waals surface area contributed by atoms with Crippen molar-refractivity contribution in [3.8, 4) is 0 Å². The number of hydrogen-bond acceptors (Lipinski definition) is 4. The molecule has 0 amide bonds. The van der Waals surface area contributed by atoms with Gasteiger partial charge in [0, 0.05) is 6.04 Å². The zero-order valence-corrected chi connectivity index (χ0v) is 12.8. The first-order valence-electron chi connectivity index (χ1n) is 6.17. The quantitative estimate of drug-likeness (QED) is 0.811. The molecule has 0 fully saturated rings. The molecule has 0 aliphatic rings. The molecule has 1 rings (SSSR count). The lowest BCUT2D eigenvalue weighted by Gasteiger charge is -2.21. The molecule has 0 aromatic carbocycles. The molecule has 1 aromatic heterocycles. The van der Waals surface area contributed by atoms with Gasteiger partial charge in [-0.3, -0.25) is 0 Å². The highest BCUT2D eigenvalue weighted by atomic mass is 32.2. The molecule has 0 aliphatic heterocycles. The van der Waals surface area contributed by atoms with Crippen molar-refractivity contribution < 1.29 is 18.3 Å². The number of aromatic carboxylic acids is 1. The van der Waals surface area contributed by atoms with Gasteiger partial charge in [-0.05, 0) is 25.0 Å². The highest BCUT2D eigenvalue weighted by molar-refractivity contribution is 7.91. The first kappa shape index (κ1) is 16.1. The Morgan fingerprint density at radius 3 is 2.37 bits per heavy atom. The van der Waals surface area contributed by atoms with E-state index in [-0.39, 0.29) is 21.0 Å². The second-order valence-electron chi connectivity index (χ2n) is 4.41. The van der Waals surface area contributed by atoms with Crippen molar-refractivity contribution in [3.05, 3.63) is 17.0 Å². The van der Waals surface area contributed by atoms with Gasteiger partial charge in [0.05, 0.1) is 0 Å². The van der Waals surface area contributed by atoms with Gasteiger partial charge in [0.25, 0.3) is 0 Å². The van der Waals surface area contributed by atoms with E-state index < -0.39 is 16.0 Å². The lowest BCUT2D eigenvalue weighted by molar-refractivity contribution is 0.0702. The van der Waals surface area contributed by atoms with E-state index in [1.165, 1.54) is 12.1 Å². The third kappa shape index (κ3) is 4.02. The van der Waals surface area contributed by atoms with Crippen LogP contribution in [-0.4, -0.2) is 25.5 Å². The van der Waals surface area contributed by atoms with Gasteiger partial charge in [-0.15, -0.1) is 11.3 Å². The number of sulfonamides is 1. The van der Waals surface area contributed by atoms with E-state index in [0.29, 0.717) is 0 Å². The third-order valence-corrected chi connectivity index (χ3v) is 6.28. The standard InChI is InChI=1S/C12H19NO4S2/c1-4-9(5-2)8(3)13-19(16,17)11-7-6-10(18-11)12(14)15/h6-9,13H,4-5H2,1-3H3,(H,14,15). The van der Waals surface area contributed by atoms with Crippen LogP contribution < -0.4 is 4.72 Å². The number of thiophene rings is 1. The molecule has 0 spiro atoms. The maximum absolute atomic E-state index is 12.1. The Kier molecular flexibility index (Phi) is 5.51. The highest BCUT2D eigenvalue weighted by Crippen LogP contribution is 2.23. The lowest BCUT2D eigenvalue weighted by Crippen LogP contribution is -2.37. The monoisotopic (exact) mass is 305 g/mol. The molecule has 1 unspecified atom stereocenters. The molecular formula is C12H19NO4S2. The van der Waals surface area contributed by atoms with Gasteiger partial charge in [0.1, 0.15) is 9.09 Å². The Hall–Kier alpha value is -0.920. The van der Waals surface area contributed by atoms with E-state index in [1.807, 2.05) is 20.8 Å². The number of carboxylic acids is 1. The molecule has 0 aliphatic carbocycles. The Labute approximate surface area is 117 Å². The molecule has 19 heavy (non-hydrogen) atoms. The summed E-state index contributed by atoms with van der Waals surface area (Å²) in [6, 6.07) is 2.47. The summed E-state index contributed by atoms with van der Waals surface area (Å²) in [4.78, 5) is 10.8. The van der Waals surface area contributed by atoms with Crippen LogP contribution in [-0.2, 0) is 10.0 Å². The zero-order chi connectivity index (χ0) is 14.6. The lowest BCUT2D eigenvalue weighted by atomic mass is 9.96. The van der Waals surface area contributed by atoms with E-state index in [9.17, 15) is 13.2 Å². The molecule has 2 N–H and O–H groups in total. The number of rotatable bonds is 7. The van der Waals surface area contributed by atoms with Crippen molar-refractivity contribution in [1.29, 1.82) is 0 Å². The molecule has 7 heteroatoms. The highest BCUT2D eigenvalue weighted by Gasteiger charge is 2.24. The predicted molar refractivity (Wildman–Crippen MR) is 75.1 cm³/mol. The van der Waals surface area contributed by atoms with Crippen LogP contribution in [0.5, 0.6) is 0 Å². The van der Waals surface area contributed by atoms with Crippen LogP contribution in [0.3, 0.4) is 0 Å². The molecule has 108 valence electrons. The Morgan fingerprint density at radius 2 is 1.95 bits per heavy atom. The van der Waals surface area contributed by atoms with Gasteiger partial charge >= 0.3 is 5.97 Å². The largest absolute Gasteiger partial charge is 0.477 e. The maximum atomic E-state index is 12.1. The first-order valence-corrected chi connectivity index (χ1v) is 8.47. The number of carbonyl (C=O) groups is 1. The van der Waals surface area contributed by atoms with Gasteiger partial charge in [-0.2, -0.15) is 0 Å². The average molecular weight is 305 g/mol. The Bertz CT molecular complexity index is 532. The van der Waals surface area contributed by atoms with Crippen molar-refractivity contribution in [1.82, 2.24) is 4.72 Å². The molecule has 1 heterocycles. The minimum Gasteiger partial charge on any atom is -0.477 e. The van der Waals surface area contributed by atoms with Crippen molar-refractivity contribution in [3.63, 3.8) is 0 Å². The van der Waals surface area contributed by atoms with Crippen LogP contribution >= 0.6 is 11.3 Å². The summed E-state index contributed by atoms with van der Waals surface area (Å²) < 4.78 is 26.9. The molecule has 1 atom stereocenters.